The van der Waals surface area contributed by atoms with Crippen LogP contribution in [0.4, 0.5) is 13.2 Å². The van der Waals surface area contributed by atoms with Crippen molar-refractivity contribution in [2.75, 3.05) is 13.2 Å². The van der Waals surface area contributed by atoms with Crippen molar-refractivity contribution in [3.8, 4) is 22.8 Å². The van der Waals surface area contributed by atoms with Crippen LogP contribution in [0.25, 0.3) is 11.3 Å². The molecule has 0 bridgehead atoms. The van der Waals surface area contributed by atoms with Crippen molar-refractivity contribution in [1.29, 1.82) is 0 Å². The Hall–Kier alpha value is -3.55. The number of aryl methyl sites for hydroxylation is 3. The van der Waals surface area contributed by atoms with E-state index in [0.29, 0.717) is 29.4 Å². The van der Waals surface area contributed by atoms with Crippen LogP contribution in [-0.4, -0.2) is 29.3 Å². The molecular formula is C26H26F3NO4. The number of aliphatic carboxylic acids is 1. The molecule has 0 saturated heterocycles. The molecule has 3 aromatic rings. The molecule has 0 atom stereocenters. The van der Waals surface area contributed by atoms with E-state index in [1.54, 1.807) is 30.3 Å². The monoisotopic (exact) mass is 473 g/mol. The number of hydrogen-bond acceptors (Lipinski definition) is 4. The number of carboxylic acids is 1. The molecule has 1 aromatic heterocycles. The standard InChI is InChI=1S/C26H26F3NO4/c1-17-14-22(10-12-24(17)34-16-25(31)32)33-13-4-3-6-19-9-11-23(30-18(19)2)20-7-5-8-21(15-20)26(27,28)29/h5,7-12,14-15H,3-4,6,13,16H2,1-2H3,(H,31,32). The van der Waals surface area contributed by atoms with E-state index in [-0.39, 0.29) is 0 Å². The molecule has 0 aliphatic carbocycles. The second kappa shape index (κ2) is 11.0. The molecule has 0 fully saturated rings. The highest BCUT2D eigenvalue weighted by Crippen LogP contribution is 2.32. The predicted octanol–water partition coefficient (Wildman–Crippen LogP) is 6.25. The average Bonchev–Trinajstić information content (AvgIpc) is 2.78. The molecule has 0 radical (unpaired) electrons. The van der Waals surface area contributed by atoms with Gasteiger partial charge in [0.05, 0.1) is 17.9 Å². The molecule has 0 unspecified atom stereocenters. The Morgan fingerprint density at radius 3 is 2.47 bits per heavy atom. The summed E-state index contributed by atoms with van der Waals surface area (Å²) in [6, 6.07) is 14.1. The molecule has 180 valence electrons. The minimum absolute atomic E-state index is 0.393. The first-order chi connectivity index (χ1) is 16.1. The lowest BCUT2D eigenvalue weighted by atomic mass is 10.0. The first-order valence-corrected chi connectivity index (χ1v) is 10.9. The van der Waals surface area contributed by atoms with Gasteiger partial charge in [-0.15, -0.1) is 0 Å². The number of carbonyl (C=O) groups is 1. The fraction of sp³-hybridized carbons (Fsp3) is 0.308. The van der Waals surface area contributed by atoms with Gasteiger partial charge in [-0.3, -0.25) is 4.98 Å². The highest BCUT2D eigenvalue weighted by atomic mass is 19.4. The van der Waals surface area contributed by atoms with Crippen molar-refractivity contribution in [2.24, 2.45) is 0 Å². The summed E-state index contributed by atoms with van der Waals surface area (Å²) >= 11 is 0. The van der Waals surface area contributed by atoms with E-state index in [1.807, 2.05) is 19.9 Å². The van der Waals surface area contributed by atoms with E-state index in [9.17, 15) is 18.0 Å². The van der Waals surface area contributed by atoms with Crippen LogP contribution in [0, 0.1) is 13.8 Å². The molecule has 8 heteroatoms. The maximum absolute atomic E-state index is 13.0. The molecular weight excluding hydrogens is 447 g/mol. The number of alkyl halides is 3. The normalized spacial score (nSPS) is 11.3. The predicted molar refractivity (Wildman–Crippen MR) is 122 cm³/mol. The van der Waals surface area contributed by atoms with Crippen LogP contribution in [0.1, 0.15) is 35.2 Å². The van der Waals surface area contributed by atoms with Gasteiger partial charge >= 0.3 is 12.1 Å². The van der Waals surface area contributed by atoms with E-state index < -0.39 is 24.3 Å². The molecule has 3 rings (SSSR count). The van der Waals surface area contributed by atoms with Crippen molar-refractivity contribution in [1.82, 2.24) is 4.98 Å². The number of rotatable bonds is 10. The number of carboxylic acid groups (broad SMARTS) is 1. The lowest BCUT2D eigenvalue weighted by Crippen LogP contribution is -2.10. The lowest BCUT2D eigenvalue weighted by molar-refractivity contribution is -0.139. The van der Waals surface area contributed by atoms with Gasteiger partial charge in [0.2, 0.25) is 0 Å². The Morgan fingerprint density at radius 1 is 1.00 bits per heavy atom. The summed E-state index contributed by atoms with van der Waals surface area (Å²) in [6.07, 6.45) is -1.93. The lowest BCUT2D eigenvalue weighted by Gasteiger charge is -2.12. The molecule has 0 amide bonds. The molecule has 0 aliphatic rings. The first-order valence-electron chi connectivity index (χ1n) is 10.9. The summed E-state index contributed by atoms with van der Waals surface area (Å²) in [5, 5.41) is 8.70. The second-order valence-electron chi connectivity index (χ2n) is 7.93. The minimum atomic E-state index is -4.39. The summed E-state index contributed by atoms with van der Waals surface area (Å²) < 4.78 is 49.9. The van der Waals surface area contributed by atoms with Gasteiger partial charge in [0.25, 0.3) is 0 Å². The van der Waals surface area contributed by atoms with Crippen LogP contribution in [0.15, 0.2) is 54.6 Å². The Labute approximate surface area is 196 Å². The van der Waals surface area contributed by atoms with Gasteiger partial charge in [-0.05, 0) is 80.6 Å². The summed E-state index contributed by atoms with van der Waals surface area (Å²) in [6.45, 7) is 3.81. The number of ether oxygens (including phenoxy) is 2. The largest absolute Gasteiger partial charge is 0.494 e. The van der Waals surface area contributed by atoms with Crippen molar-refractivity contribution in [2.45, 2.75) is 39.3 Å². The van der Waals surface area contributed by atoms with Gasteiger partial charge in [-0.25, -0.2) is 4.79 Å². The van der Waals surface area contributed by atoms with E-state index in [4.69, 9.17) is 14.6 Å². The van der Waals surface area contributed by atoms with Gasteiger partial charge in [0.1, 0.15) is 11.5 Å². The zero-order valence-electron chi connectivity index (χ0n) is 19.0. The number of pyridine rings is 1. The molecule has 0 saturated carbocycles. The molecule has 5 nitrogen and oxygen atoms in total. The topological polar surface area (TPSA) is 68.7 Å². The fourth-order valence-electron chi connectivity index (χ4n) is 3.49. The zero-order chi connectivity index (χ0) is 24.7. The zero-order valence-corrected chi connectivity index (χ0v) is 19.0. The van der Waals surface area contributed by atoms with Gasteiger partial charge in [0.15, 0.2) is 6.61 Å². The van der Waals surface area contributed by atoms with E-state index in [2.05, 4.69) is 4.98 Å². The highest BCUT2D eigenvalue weighted by molar-refractivity contribution is 5.68. The molecule has 34 heavy (non-hydrogen) atoms. The average molecular weight is 473 g/mol. The molecule has 1 N–H and O–H groups in total. The number of nitrogens with zero attached hydrogens (tertiary/aromatic N) is 1. The van der Waals surface area contributed by atoms with Crippen molar-refractivity contribution in [3.63, 3.8) is 0 Å². The van der Waals surface area contributed by atoms with Gasteiger partial charge in [0, 0.05) is 11.3 Å². The quantitative estimate of drug-likeness (QED) is 0.353. The van der Waals surface area contributed by atoms with E-state index in [0.717, 1.165) is 48.2 Å². The summed E-state index contributed by atoms with van der Waals surface area (Å²) in [4.78, 5) is 15.1. The number of benzene rings is 2. The van der Waals surface area contributed by atoms with Crippen LogP contribution < -0.4 is 9.47 Å². The fourth-order valence-corrected chi connectivity index (χ4v) is 3.49. The maximum Gasteiger partial charge on any atom is 0.416 e. The number of hydrogen-bond donors (Lipinski definition) is 1. The van der Waals surface area contributed by atoms with Crippen molar-refractivity contribution in [3.05, 3.63) is 77.0 Å². The summed E-state index contributed by atoms with van der Waals surface area (Å²) in [5.74, 6) is 0.158. The van der Waals surface area contributed by atoms with Crippen LogP contribution in [0.3, 0.4) is 0 Å². The smallest absolute Gasteiger partial charge is 0.416 e. The second-order valence-corrected chi connectivity index (χ2v) is 7.93. The van der Waals surface area contributed by atoms with Crippen LogP contribution in [0.2, 0.25) is 0 Å². The third kappa shape index (κ3) is 6.97. The minimum Gasteiger partial charge on any atom is -0.494 e. The molecule has 2 aromatic carbocycles. The van der Waals surface area contributed by atoms with E-state index >= 15 is 0 Å². The Morgan fingerprint density at radius 2 is 1.79 bits per heavy atom. The van der Waals surface area contributed by atoms with Crippen molar-refractivity contribution >= 4 is 5.97 Å². The third-order valence-corrected chi connectivity index (χ3v) is 5.29. The Kier molecular flexibility index (Phi) is 8.15. The van der Waals surface area contributed by atoms with E-state index in [1.165, 1.54) is 6.07 Å². The SMILES string of the molecule is Cc1cc(OCCCCc2ccc(-c3cccc(C(F)(F)F)c3)nc2C)ccc1OCC(=O)O. The van der Waals surface area contributed by atoms with Gasteiger partial charge < -0.3 is 14.6 Å². The first kappa shape index (κ1) is 25.1. The molecule has 1 heterocycles. The highest BCUT2D eigenvalue weighted by Gasteiger charge is 2.30. The van der Waals surface area contributed by atoms with Gasteiger partial charge in [-0.2, -0.15) is 13.2 Å². The third-order valence-electron chi connectivity index (χ3n) is 5.29. The van der Waals surface area contributed by atoms with Gasteiger partial charge in [-0.1, -0.05) is 18.2 Å². The van der Waals surface area contributed by atoms with Crippen LogP contribution in [0.5, 0.6) is 11.5 Å². The molecule has 0 aliphatic heterocycles. The maximum atomic E-state index is 13.0. The van der Waals surface area contributed by atoms with Crippen LogP contribution in [-0.2, 0) is 17.4 Å². The summed E-state index contributed by atoms with van der Waals surface area (Å²) in [5.41, 5.74) is 2.90. The number of aromatic nitrogens is 1. The number of halogens is 3. The Balaban J connectivity index is 1.49. The Bertz CT molecular complexity index is 1150. The van der Waals surface area contributed by atoms with Crippen LogP contribution >= 0.6 is 0 Å². The summed E-state index contributed by atoms with van der Waals surface area (Å²) in [7, 11) is 0. The van der Waals surface area contributed by atoms with Crippen molar-refractivity contribution < 1.29 is 32.5 Å². The number of unbranched alkanes of at least 4 members (excludes halogenated alkanes) is 1. The molecule has 0 spiro atoms.